The Labute approximate surface area is 123 Å². The molecule has 2 rings (SSSR count). The minimum absolute atomic E-state index is 0.00927. The molecule has 0 aromatic heterocycles. The predicted molar refractivity (Wildman–Crippen MR) is 80.8 cm³/mol. The third kappa shape index (κ3) is 3.83. The molecule has 1 fully saturated rings. The smallest absolute Gasteiger partial charge is 0.315 e. The van der Waals surface area contributed by atoms with Gasteiger partial charge in [0.25, 0.3) is 0 Å². The number of ether oxygens (including phenoxy) is 1. The summed E-state index contributed by atoms with van der Waals surface area (Å²) in [5.74, 6) is 0. The number of anilines is 2. The number of nitro benzene ring substituents is 1. The molecule has 7 heteroatoms. The number of hydrogen-bond acceptors (Lipinski definition) is 6. The molecule has 7 nitrogen and oxygen atoms in total. The second-order valence-corrected chi connectivity index (χ2v) is 5.18. The first kappa shape index (κ1) is 15.5. The third-order valence-electron chi connectivity index (χ3n) is 3.62. The van der Waals surface area contributed by atoms with E-state index in [1.807, 2.05) is 6.92 Å². The lowest BCUT2D eigenvalue weighted by atomic mass is 9.94. The molecule has 0 saturated carbocycles. The number of aliphatic hydroxyl groups is 1. The SMILES string of the molecule is CCNc1cccc(NCC2(O)CCOCC2)c1[N+](=O)[O-]. The van der Waals surface area contributed by atoms with E-state index in [-0.39, 0.29) is 12.2 Å². The maximum atomic E-state index is 11.3. The number of para-hydroxylation sites is 1. The number of nitro groups is 1. The number of nitrogens with one attached hydrogen (secondary N) is 2. The lowest BCUT2D eigenvalue weighted by Gasteiger charge is -2.32. The van der Waals surface area contributed by atoms with Crippen molar-refractivity contribution in [2.45, 2.75) is 25.4 Å². The van der Waals surface area contributed by atoms with Crippen molar-refractivity contribution in [3.8, 4) is 0 Å². The van der Waals surface area contributed by atoms with Crippen molar-refractivity contribution < 1.29 is 14.8 Å². The predicted octanol–water partition coefficient (Wildman–Crippen LogP) is 1.98. The quantitative estimate of drug-likeness (QED) is 0.548. The molecular formula is C14H21N3O4. The summed E-state index contributed by atoms with van der Waals surface area (Å²) in [5, 5.41) is 27.7. The number of rotatable bonds is 6. The van der Waals surface area contributed by atoms with Crippen LogP contribution in [0.15, 0.2) is 18.2 Å². The first-order valence-electron chi connectivity index (χ1n) is 7.11. The molecule has 0 atom stereocenters. The molecule has 1 heterocycles. The lowest BCUT2D eigenvalue weighted by Crippen LogP contribution is -2.42. The van der Waals surface area contributed by atoms with Crippen LogP contribution in [-0.2, 0) is 4.74 Å². The van der Waals surface area contributed by atoms with E-state index in [1.54, 1.807) is 18.2 Å². The van der Waals surface area contributed by atoms with Crippen LogP contribution in [0.1, 0.15) is 19.8 Å². The lowest BCUT2D eigenvalue weighted by molar-refractivity contribution is -0.383. The van der Waals surface area contributed by atoms with E-state index >= 15 is 0 Å². The molecule has 1 aliphatic rings. The molecule has 21 heavy (non-hydrogen) atoms. The highest BCUT2D eigenvalue weighted by Gasteiger charge is 2.30. The molecular weight excluding hydrogens is 274 g/mol. The van der Waals surface area contributed by atoms with Crippen molar-refractivity contribution in [2.75, 3.05) is 36.9 Å². The Morgan fingerprint density at radius 1 is 1.33 bits per heavy atom. The largest absolute Gasteiger partial charge is 0.388 e. The Hall–Kier alpha value is -1.86. The van der Waals surface area contributed by atoms with Crippen LogP contribution in [-0.4, -0.2) is 41.9 Å². The van der Waals surface area contributed by atoms with Crippen LogP contribution in [0.2, 0.25) is 0 Å². The van der Waals surface area contributed by atoms with E-state index in [9.17, 15) is 15.2 Å². The van der Waals surface area contributed by atoms with Gasteiger partial charge in [-0.05, 0) is 19.1 Å². The van der Waals surface area contributed by atoms with E-state index in [0.29, 0.717) is 44.0 Å². The highest BCUT2D eigenvalue weighted by Crippen LogP contribution is 2.33. The Bertz CT molecular complexity index is 501. The maximum absolute atomic E-state index is 11.3. The highest BCUT2D eigenvalue weighted by molar-refractivity contribution is 5.76. The molecule has 0 amide bonds. The van der Waals surface area contributed by atoms with Crippen molar-refractivity contribution in [1.29, 1.82) is 0 Å². The Morgan fingerprint density at radius 3 is 2.52 bits per heavy atom. The van der Waals surface area contributed by atoms with Gasteiger partial charge in [0.2, 0.25) is 0 Å². The number of benzene rings is 1. The maximum Gasteiger partial charge on any atom is 0.315 e. The summed E-state index contributed by atoms with van der Waals surface area (Å²) in [6, 6.07) is 5.08. The summed E-state index contributed by atoms with van der Waals surface area (Å²) in [4.78, 5) is 10.9. The first-order chi connectivity index (χ1) is 10.1. The summed E-state index contributed by atoms with van der Waals surface area (Å²) < 4.78 is 5.22. The van der Waals surface area contributed by atoms with Crippen LogP contribution in [0.25, 0.3) is 0 Å². The van der Waals surface area contributed by atoms with Crippen LogP contribution in [0.4, 0.5) is 17.1 Å². The summed E-state index contributed by atoms with van der Waals surface area (Å²) >= 11 is 0. The molecule has 1 aliphatic heterocycles. The summed E-state index contributed by atoms with van der Waals surface area (Å²) in [7, 11) is 0. The zero-order chi connectivity index (χ0) is 15.3. The molecule has 1 aromatic rings. The van der Waals surface area contributed by atoms with Gasteiger partial charge in [-0.15, -0.1) is 0 Å². The van der Waals surface area contributed by atoms with Gasteiger partial charge in [0, 0.05) is 39.1 Å². The monoisotopic (exact) mass is 295 g/mol. The first-order valence-corrected chi connectivity index (χ1v) is 7.11. The number of nitrogens with zero attached hydrogens (tertiary/aromatic N) is 1. The Balaban J connectivity index is 2.15. The molecule has 0 bridgehead atoms. The summed E-state index contributed by atoms with van der Waals surface area (Å²) in [5.41, 5.74) is 0.0279. The van der Waals surface area contributed by atoms with Gasteiger partial charge < -0.3 is 20.5 Å². The average molecular weight is 295 g/mol. The van der Waals surface area contributed by atoms with E-state index in [4.69, 9.17) is 4.74 Å². The second kappa shape index (κ2) is 6.73. The summed E-state index contributed by atoms with van der Waals surface area (Å²) in [6.07, 6.45) is 1.06. The highest BCUT2D eigenvalue weighted by atomic mass is 16.6. The molecule has 0 aliphatic carbocycles. The van der Waals surface area contributed by atoms with Crippen molar-refractivity contribution in [3.63, 3.8) is 0 Å². The standard InChI is InChI=1S/C14H21N3O4/c1-2-15-11-4-3-5-12(13(11)17(19)20)16-10-14(18)6-8-21-9-7-14/h3-5,15-16,18H,2,6-10H2,1H3. The Morgan fingerprint density at radius 2 is 1.95 bits per heavy atom. The van der Waals surface area contributed by atoms with Gasteiger partial charge in [-0.3, -0.25) is 10.1 Å². The van der Waals surface area contributed by atoms with Gasteiger partial charge in [-0.2, -0.15) is 0 Å². The van der Waals surface area contributed by atoms with Crippen LogP contribution >= 0.6 is 0 Å². The fraction of sp³-hybridized carbons (Fsp3) is 0.571. The average Bonchev–Trinajstić information content (AvgIpc) is 2.46. The van der Waals surface area contributed by atoms with Crippen molar-refractivity contribution in [3.05, 3.63) is 28.3 Å². The Kier molecular flexibility index (Phi) is 4.98. The number of hydrogen-bond donors (Lipinski definition) is 3. The molecule has 1 saturated heterocycles. The van der Waals surface area contributed by atoms with E-state index in [0.717, 1.165) is 0 Å². The van der Waals surface area contributed by atoms with Gasteiger partial charge in [0.1, 0.15) is 11.4 Å². The molecule has 0 spiro atoms. The van der Waals surface area contributed by atoms with Crippen LogP contribution < -0.4 is 10.6 Å². The van der Waals surface area contributed by atoms with Crippen molar-refractivity contribution in [2.24, 2.45) is 0 Å². The fourth-order valence-corrected chi connectivity index (χ4v) is 2.40. The zero-order valence-corrected chi connectivity index (χ0v) is 12.1. The van der Waals surface area contributed by atoms with Gasteiger partial charge >= 0.3 is 5.69 Å². The van der Waals surface area contributed by atoms with E-state index < -0.39 is 10.5 Å². The van der Waals surface area contributed by atoms with Crippen LogP contribution in [0, 0.1) is 10.1 Å². The molecule has 1 aromatic carbocycles. The van der Waals surface area contributed by atoms with Gasteiger partial charge in [-0.25, -0.2) is 0 Å². The minimum Gasteiger partial charge on any atom is -0.388 e. The van der Waals surface area contributed by atoms with Crippen LogP contribution in [0.5, 0.6) is 0 Å². The van der Waals surface area contributed by atoms with Gasteiger partial charge in [-0.1, -0.05) is 6.07 Å². The summed E-state index contributed by atoms with van der Waals surface area (Å²) in [6.45, 7) is 3.78. The van der Waals surface area contributed by atoms with Gasteiger partial charge in [0.15, 0.2) is 0 Å². The molecule has 0 radical (unpaired) electrons. The van der Waals surface area contributed by atoms with Crippen LogP contribution in [0.3, 0.4) is 0 Å². The molecule has 116 valence electrons. The topological polar surface area (TPSA) is 96.7 Å². The third-order valence-corrected chi connectivity index (χ3v) is 3.62. The minimum atomic E-state index is -0.875. The normalized spacial score (nSPS) is 17.2. The zero-order valence-electron chi connectivity index (χ0n) is 12.1. The van der Waals surface area contributed by atoms with E-state index in [1.165, 1.54) is 0 Å². The van der Waals surface area contributed by atoms with E-state index in [2.05, 4.69) is 10.6 Å². The molecule has 0 unspecified atom stereocenters. The van der Waals surface area contributed by atoms with Crippen molar-refractivity contribution >= 4 is 17.1 Å². The second-order valence-electron chi connectivity index (χ2n) is 5.18. The van der Waals surface area contributed by atoms with Crippen molar-refractivity contribution in [1.82, 2.24) is 0 Å². The van der Waals surface area contributed by atoms with Gasteiger partial charge in [0.05, 0.1) is 10.5 Å². The fourth-order valence-electron chi connectivity index (χ4n) is 2.40. The molecule has 3 N–H and O–H groups in total.